The van der Waals surface area contributed by atoms with E-state index in [0.29, 0.717) is 38.3 Å². The lowest BCUT2D eigenvalue weighted by Crippen LogP contribution is -2.52. The predicted molar refractivity (Wildman–Crippen MR) is 112 cm³/mol. The van der Waals surface area contributed by atoms with E-state index in [9.17, 15) is 23.2 Å². The van der Waals surface area contributed by atoms with Crippen LogP contribution in [0.3, 0.4) is 0 Å². The first-order valence-electron chi connectivity index (χ1n) is 10.3. The molecule has 3 unspecified atom stereocenters. The van der Waals surface area contributed by atoms with Gasteiger partial charge in [0.2, 0.25) is 0 Å². The summed E-state index contributed by atoms with van der Waals surface area (Å²) in [7, 11) is 0. The molecule has 0 N–H and O–H groups in total. The molecule has 10 heteroatoms. The van der Waals surface area contributed by atoms with Crippen molar-refractivity contribution in [1.29, 1.82) is 10.5 Å². The molecule has 0 saturated carbocycles. The Labute approximate surface area is 189 Å². The summed E-state index contributed by atoms with van der Waals surface area (Å²) in [6.07, 6.45) is -2.23. The predicted octanol–water partition coefficient (Wildman–Crippen LogP) is 4.17. The van der Waals surface area contributed by atoms with Crippen molar-refractivity contribution in [2.75, 3.05) is 31.1 Å². The van der Waals surface area contributed by atoms with Gasteiger partial charge in [0.1, 0.15) is 0 Å². The van der Waals surface area contributed by atoms with Crippen LogP contribution in [0.25, 0.3) is 0 Å². The van der Waals surface area contributed by atoms with Gasteiger partial charge in [0, 0.05) is 43.5 Å². The van der Waals surface area contributed by atoms with E-state index < -0.39 is 17.3 Å². The van der Waals surface area contributed by atoms with Crippen molar-refractivity contribution < 1.29 is 18.0 Å². The number of alkyl halides is 4. The molecule has 6 nitrogen and oxygen atoms in total. The maximum atomic E-state index is 13.4. The number of carbonyl (C=O) groups is 1. The number of hydrogen-bond donors (Lipinski definition) is 0. The van der Waals surface area contributed by atoms with Gasteiger partial charge in [-0.15, -0.1) is 11.6 Å². The number of fused-ring (bicyclic) bond motifs is 1. The maximum absolute atomic E-state index is 13.4. The average molecular weight is 464 g/mol. The first kappa shape index (κ1) is 22.3. The number of nitriles is 2. The molecular weight excluding hydrogens is 443 g/mol. The molecule has 0 bridgehead atoms. The quantitative estimate of drug-likeness (QED) is 0.617. The largest absolute Gasteiger partial charge is 0.417 e. The SMILES string of the molecule is CC1C(N2CC3CN(c4ccc(C#N)c(C(F)(F)F)c4)CCN3C2=O)=CCC(C#N)[C@H]1Cl. The molecule has 168 valence electrons. The van der Waals surface area contributed by atoms with E-state index >= 15 is 0 Å². The second-order valence-electron chi connectivity index (χ2n) is 8.36. The third kappa shape index (κ3) is 3.75. The summed E-state index contributed by atoms with van der Waals surface area (Å²) in [4.78, 5) is 18.3. The highest BCUT2D eigenvalue weighted by Crippen LogP contribution is 2.39. The highest BCUT2D eigenvalue weighted by atomic mass is 35.5. The Morgan fingerprint density at radius 3 is 2.59 bits per heavy atom. The molecule has 2 heterocycles. The normalized spacial score (nSPS) is 28.2. The number of urea groups is 1. The number of nitrogens with zero attached hydrogens (tertiary/aromatic N) is 5. The highest BCUT2D eigenvalue weighted by molar-refractivity contribution is 6.21. The first-order valence-corrected chi connectivity index (χ1v) is 10.8. The van der Waals surface area contributed by atoms with Gasteiger partial charge in [-0.2, -0.15) is 23.7 Å². The topological polar surface area (TPSA) is 74.4 Å². The Kier molecular flexibility index (Phi) is 5.72. The van der Waals surface area contributed by atoms with Gasteiger partial charge in [0.05, 0.1) is 40.6 Å². The van der Waals surface area contributed by atoms with Gasteiger partial charge in [0.15, 0.2) is 0 Å². The number of halogens is 4. The number of amides is 2. The van der Waals surface area contributed by atoms with Crippen LogP contribution < -0.4 is 4.90 Å². The van der Waals surface area contributed by atoms with E-state index in [2.05, 4.69) is 6.07 Å². The molecule has 32 heavy (non-hydrogen) atoms. The van der Waals surface area contributed by atoms with Crippen molar-refractivity contribution in [3.05, 3.63) is 41.1 Å². The lowest BCUT2D eigenvalue weighted by atomic mass is 9.85. The zero-order chi connectivity index (χ0) is 23.2. The van der Waals surface area contributed by atoms with Crippen molar-refractivity contribution in [1.82, 2.24) is 9.80 Å². The molecule has 4 atom stereocenters. The van der Waals surface area contributed by atoms with Gasteiger partial charge >= 0.3 is 12.2 Å². The van der Waals surface area contributed by atoms with Crippen LogP contribution in [0.2, 0.25) is 0 Å². The number of allylic oxidation sites excluding steroid dienone is 2. The minimum atomic E-state index is -4.62. The third-order valence-electron chi connectivity index (χ3n) is 6.53. The fraction of sp³-hybridized carbons (Fsp3) is 0.500. The molecule has 1 aromatic carbocycles. The van der Waals surface area contributed by atoms with Crippen LogP contribution in [-0.4, -0.2) is 53.4 Å². The molecule has 1 aromatic rings. The molecule has 0 radical (unpaired) electrons. The van der Waals surface area contributed by atoms with Crippen LogP contribution >= 0.6 is 11.6 Å². The Morgan fingerprint density at radius 1 is 1.19 bits per heavy atom. The Morgan fingerprint density at radius 2 is 1.94 bits per heavy atom. The van der Waals surface area contributed by atoms with E-state index in [1.165, 1.54) is 12.1 Å². The van der Waals surface area contributed by atoms with Crippen LogP contribution in [0, 0.1) is 34.5 Å². The van der Waals surface area contributed by atoms with Crippen molar-refractivity contribution in [2.45, 2.75) is 30.9 Å². The number of carbonyl (C=O) groups excluding carboxylic acids is 1. The van der Waals surface area contributed by atoms with Gasteiger partial charge < -0.3 is 9.80 Å². The van der Waals surface area contributed by atoms with Crippen LogP contribution in [0.15, 0.2) is 30.0 Å². The van der Waals surface area contributed by atoms with E-state index in [0.717, 1.165) is 11.8 Å². The Balaban J connectivity index is 1.54. The van der Waals surface area contributed by atoms with E-state index in [1.54, 1.807) is 15.9 Å². The van der Waals surface area contributed by atoms with Crippen molar-refractivity contribution >= 4 is 23.3 Å². The zero-order valence-electron chi connectivity index (χ0n) is 17.3. The standard InChI is InChI=1S/C22H21ClF3N5O/c1-13-19(5-3-15(10-28)20(13)23)31-12-17-11-29(6-7-30(17)21(31)32)16-4-2-14(9-27)18(8-16)22(24,25)26/h2,4-5,8,13,15,17,20H,3,6-7,11-12H2,1H3/t13?,15?,17?,20-/m0/s1. The number of piperazine rings is 1. The summed E-state index contributed by atoms with van der Waals surface area (Å²) >= 11 is 6.45. The Bertz CT molecular complexity index is 1040. The molecule has 2 saturated heterocycles. The summed E-state index contributed by atoms with van der Waals surface area (Å²) in [5.41, 5.74) is -0.179. The fourth-order valence-electron chi connectivity index (χ4n) is 4.77. The van der Waals surface area contributed by atoms with Crippen LogP contribution in [0.1, 0.15) is 24.5 Å². The number of benzene rings is 1. The molecule has 2 amide bonds. The van der Waals surface area contributed by atoms with Gasteiger partial charge in [0.25, 0.3) is 0 Å². The molecule has 0 spiro atoms. The first-order chi connectivity index (χ1) is 15.2. The summed E-state index contributed by atoms with van der Waals surface area (Å²) < 4.78 is 40.1. The molecule has 1 aliphatic carbocycles. The van der Waals surface area contributed by atoms with Gasteiger partial charge in [-0.05, 0) is 24.6 Å². The lowest BCUT2D eigenvalue weighted by Gasteiger charge is -2.38. The second kappa shape index (κ2) is 8.22. The average Bonchev–Trinajstić information content (AvgIpc) is 3.10. The van der Waals surface area contributed by atoms with Gasteiger partial charge in [-0.25, -0.2) is 4.79 Å². The third-order valence-corrected chi connectivity index (χ3v) is 7.22. The minimum absolute atomic E-state index is 0.136. The number of rotatable bonds is 2. The molecule has 3 aliphatic rings. The van der Waals surface area contributed by atoms with E-state index in [4.69, 9.17) is 16.9 Å². The molecule has 2 fully saturated rings. The monoisotopic (exact) mass is 463 g/mol. The van der Waals surface area contributed by atoms with Crippen molar-refractivity contribution in [3.63, 3.8) is 0 Å². The van der Waals surface area contributed by atoms with Crippen LogP contribution in [0.4, 0.5) is 23.7 Å². The summed E-state index contributed by atoms with van der Waals surface area (Å²) in [5.74, 6) is -0.463. The smallest absolute Gasteiger partial charge is 0.368 e. The van der Waals surface area contributed by atoms with Crippen LogP contribution in [-0.2, 0) is 6.18 Å². The van der Waals surface area contributed by atoms with Crippen LogP contribution in [0.5, 0.6) is 0 Å². The maximum Gasteiger partial charge on any atom is 0.417 e. The fourth-order valence-corrected chi connectivity index (χ4v) is 5.06. The Hall–Kier alpha value is -2.91. The zero-order valence-corrected chi connectivity index (χ0v) is 18.1. The molecule has 4 rings (SSSR count). The van der Waals surface area contributed by atoms with Gasteiger partial charge in [-0.3, -0.25) is 4.90 Å². The molecule has 2 aliphatic heterocycles. The highest BCUT2D eigenvalue weighted by Gasteiger charge is 2.45. The van der Waals surface area contributed by atoms with E-state index in [1.807, 2.05) is 17.9 Å². The lowest BCUT2D eigenvalue weighted by molar-refractivity contribution is -0.137. The summed E-state index contributed by atoms with van der Waals surface area (Å²) in [5, 5.41) is 17.9. The minimum Gasteiger partial charge on any atom is -0.368 e. The summed E-state index contributed by atoms with van der Waals surface area (Å²) in [6.45, 7) is 3.48. The summed E-state index contributed by atoms with van der Waals surface area (Å²) in [6, 6.07) is 7.20. The second-order valence-corrected chi connectivity index (χ2v) is 8.86. The number of anilines is 1. The molecular formula is C22H21ClF3N5O. The molecule has 0 aromatic heterocycles. The number of hydrogen-bond acceptors (Lipinski definition) is 4. The van der Waals surface area contributed by atoms with Crippen molar-refractivity contribution in [2.24, 2.45) is 11.8 Å². The van der Waals surface area contributed by atoms with E-state index in [-0.39, 0.29) is 29.3 Å². The van der Waals surface area contributed by atoms with Crippen molar-refractivity contribution in [3.8, 4) is 12.1 Å². The van der Waals surface area contributed by atoms with Gasteiger partial charge in [-0.1, -0.05) is 13.0 Å².